The van der Waals surface area contributed by atoms with Crippen LogP contribution in [-0.2, 0) is 0 Å². The lowest BCUT2D eigenvalue weighted by atomic mass is 9.93. The third-order valence-corrected chi connectivity index (χ3v) is 4.94. The quantitative estimate of drug-likeness (QED) is 0.785. The van der Waals surface area contributed by atoms with Crippen LogP contribution in [0.2, 0.25) is 0 Å². The van der Waals surface area contributed by atoms with E-state index in [0.717, 1.165) is 36.3 Å². The zero-order valence-corrected chi connectivity index (χ0v) is 14.9. The predicted octanol–water partition coefficient (Wildman–Crippen LogP) is 3.80. The SMILES string of the molecule is Cc1cccc(-c2cccc(C3CCCN(C(=O)c4ccn[nH]4)C3)n2)c1. The van der Waals surface area contributed by atoms with Crippen LogP contribution in [0.5, 0.6) is 0 Å². The van der Waals surface area contributed by atoms with E-state index in [1.165, 1.54) is 5.56 Å². The minimum Gasteiger partial charge on any atom is -0.337 e. The van der Waals surface area contributed by atoms with Crippen molar-refractivity contribution < 1.29 is 4.79 Å². The topological polar surface area (TPSA) is 61.9 Å². The summed E-state index contributed by atoms with van der Waals surface area (Å²) < 4.78 is 0. The van der Waals surface area contributed by atoms with Gasteiger partial charge in [-0.2, -0.15) is 5.10 Å². The van der Waals surface area contributed by atoms with Crippen molar-refractivity contribution in [3.8, 4) is 11.3 Å². The lowest BCUT2D eigenvalue weighted by Crippen LogP contribution is -2.39. The van der Waals surface area contributed by atoms with Gasteiger partial charge < -0.3 is 4.90 Å². The molecule has 1 unspecified atom stereocenters. The van der Waals surface area contributed by atoms with E-state index >= 15 is 0 Å². The molecule has 1 aromatic carbocycles. The maximum atomic E-state index is 12.6. The molecular formula is C21H22N4O. The van der Waals surface area contributed by atoms with E-state index in [1.54, 1.807) is 12.3 Å². The highest BCUT2D eigenvalue weighted by molar-refractivity contribution is 5.92. The van der Waals surface area contributed by atoms with Crippen molar-refractivity contribution in [2.24, 2.45) is 0 Å². The number of carbonyl (C=O) groups is 1. The lowest BCUT2D eigenvalue weighted by Gasteiger charge is -2.32. The van der Waals surface area contributed by atoms with Gasteiger partial charge in [-0.05, 0) is 44.0 Å². The molecule has 0 bridgehead atoms. The first-order valence-electron chi connectivity index (χ1n) is 9.03. The van der Waals surface area contributed by atoms with Gasteiger partial charge in [0.2, 0.25) is 0 Å². The summed E-state index contributed by atoms with van der Waals surface area (Å²) in [5, 5.41) is 6.65. The number of nitrogens with one attached hydrogen (secondary N) is 1. The maximum absolute atomic E-state index is 12.6. The third kappa shape index (κ3) is 3.38. The van der Waals surface area contributed by atoms with Gasteiger partial charge in [-0.15, -0.1) is 0 Å². The Morgan fingerprint density at radius 1 is 1.19 bits per heavy atom. The summed E-state index contributed by atoms with van der Waals surface area (Å²) in [6, 6.07) is 16.3. The van der Waals surface area contributed by atoms with Crippen LogP contribution in [0.15, 0.2) is 54.7 Å². The fraction of sp³-hybridized carbons (Fsp3) is 0.286. The summed E-state index contributed by atoms with van der Waals surface area (Å²) in [4.78, 5) is 19.4. The van der Waals surface area contributed by atoms with Crippen molar-refractivity contribution in [1.29, 1.82) is 0 Å². The van der Waals surface area contributed by atoms with E-state index in [-0.39, 0.29) is 11.8 Å². The molecule has 0 aliphatic carbocycles. The number of aryl methyl sites for hydroxylation is 1. The van der Waals surface area contributed by atoms with Crippen LogP contribution in [0.3, 0.4) is 0 Å². The van der Waals surface area contributed by atoms with Gasteiger partial charge >= 0.3 is 0 Å². The predicted molar refractivity (Wildman–Crippen MR) is 101 cm³/mol. The largest absolute Gasteiger partial charge is 0.337 e. The van der Waals surface area contributed by atoms with Gasteiger partial charge in [-0.3, -0.25) is 14.9 Å². The van der Waals surface area contributed by atoms with Gasteiger partial charge in [0.15, 0.2) is 0 Å². The van der Waals surface area contributed by atoms with E-state index in [4.69, 9.17) is 4.98 Å². The van der Waals surface area contributed by atoms with Crippen LogP contribution in [-0.4, -0.2) is 39.1 Å². The first kappa shape index (κ1) is 16.5. The van der Waals surface area contributed by atoms with E-state index in [1.807, 2.05) is 4.90 Å². The molecule has 5 heteroatoms. The molecule has 5 nitrogen and oxygen atoms in total. The summed E-state index contributed by atoms with van der Waals surface area (Å²) >= 11 is 0. The van der Waals surface area contributed by atoms with Gasteiger partial charge in [0.1, 0.15) is 5.69 Å². The molecule has 0 radical (unpaired) electrons. The van der Waals surface area contributed by atoms with Crippen LogP contribution in [0.1, 0.15) is 40.5 Å². The molecule has 1 fully saturated rings. The third-order valence-electron chi connectivity index (χ3n) is 4.94. The van der Waals surface area contributed by atoms with Gasteiger partial charge in [0, 0.05) is 36.5 Å². The second-order valence-electron chi connectivity index (χ2n) is 6.88. The van der Waals surface area contributed by atoms with Crippen LogP contribution in [0.4, 0.5) is 0 Å². The van der Waals surface area contributed by atoms with Crippen LogP contribution in [0.25, 0.3) is 11.3 Å². The molecule has 4 rings (SSSR count). The minimum atomic E-state index is 0.0158. The van der Waals surface area contributed by atoms with E-state index in [2.05, 4.69) is 59.6 Å². The molecule has 0 spiro atoms. The summed E-state index contributed by atoms with van der Waals surface area (Å²) in [7, 11) is 0. The number of rotatable bonds is 3. The maximum Gasteiger partial charge on any atom is 0.271 e. The average molecular weight is 346 g/mol. The number of nitrogens with zero attached hydrogens (tertiary/aromatic N) is 3. The number of H-pyrrole nitrogens is 1. The highest BCUT2D eigenvalue weighted by Gasteiger charge is 2.27. The Labute approximate surface area is 153 Å². The van der Waals surface area contributed by atoms with Crippen molar-refractivity contribution in [3.05, 3.63) is 71.7 Å². The molecule has 132 valence electrons. The number of hydrogen-bond donors (Lipinski definition) is 1. The second-order valence-corrected chi connectivity index (χ2v) is 6.88. The molecular weight excluding hydrogens is 324 g/mol. The standard InChI is InChI=1S/C21H22N4O/c1-15-5-2-6-16(13-15)18-8-3-9-19(23-18)17-7-4-12-25(14-17)21(26)20-10-11-22-24-20/h2-3,5-6,8-11,13,17H,4,7,12,14H2,1H3,(H,22,24). The van der Waals surface area contributed by atoms with E-state index in [9.17, 15) is 4.79 Å². The van der Waals surface area contributed by atoms with Crippen molar-refractivity contribution in [1.82, 2.24) is 20.1 Å². The number of benzene rings is 1. The summed E-state index contributed by atoms with van der Waals surface area (Å²) in [6.45, 7) is 3.57. The number of hydrogen-bond acceptors (Lipinski definition) is 3. The zero-order valence-electron chi connectivity index (χ0n) is 14.9. The zero-order chi connectivity index (χ0) is 17.9. The van der Waals surface area contributed by atoms with Crippen LogP contribution < -0.4 is 0 Å². The summed E-state index contributed by atoms with van der Waals surface area (Å²) in [5.74, 6) is 0.280. The fourth-order valence-corrected chi connectivity index (χ4v) is 3.59. The van der Waals surface area contributed by atoms with Crippen molar-refractivity contribution in [2.45, 2.75) is 25.7 Å². The van der Waals surface area contributed by atoms with Crippen LogP contribution >= 0.6 is 0 Å². The number of aromatic amines is 1. The average Bonchev–Trinajstić information content (AvgIpc) is 3.22. The van der Waals surface area contributed by atoms with Gasteiger partial charge in [-0.25, -0.2) is 0 Å². The van der Waals surface area contributed by atoms with Crippen molar-refractivity contribution in [2.75, 3.05) is 13.1 Å². The molecule has 26 heavy (non-hydrogen) atoms. The van der Waals surface area contributed by atoms with Crippen LogP contribution in [0, 0.1) is 6.92 Å². The molecule has 1 aliphatic rings. The highest BCUT2D eigenvalue weighted by Crippen LogP contribution is 2.28. The molecule has 1 aliphatic heterocycles. The summed E-state index contributed by atoms with van der Waals surface area (Å²) in [5.41, 5.74) is 4.96. The number of amides is 1. The monoisotopic (exact) mass is 346 g/mol. The number of likely N-dealkylation sites (tertiary alicyclic amines) is 1. The normalized spacial score (nSPS) is 17.3. The Morgan fingerprint density at radius 3 is 2.88 bits per heavy atom. The smallest absolute Gasteiger partial charge is 0.271 e. The Balaban J connectivity index is 1.55. The number of aromatic nitrogens is 3. The number of pyridine rings is 1. The second kappa shape index (κ2) is 7.12. The Kier molecular flexibility index (Phi) is 4.52. The van der Waals surface area contributed by atoms with Gasteiger partial charge in [0.05, 0.1) is 5.69 Å². The lowest BCUT2D eigenvalue weighted by molar-refractivity contribution is 0.0700. The first-order valence-corrected chi connectivity index (χ1v) is 9.03. The highest BCUT2D eigenvalue weighted by atomic mass is 16.2. The molecule has 1 amide bonds. The molecule has 1 N–H and O–H groups in total. The molecule has 3 aromatic rings. The van der Waals surface area contributed by atoms with Crippen molar-refractivity contribution >= 4 is 5.91 Å². The Hall–Kier alpha value is -2.95. The molecule has 1 atom stereocenters. The van der Waals surface area contributed by atoms with Gasteiger partial charge in [-0.1, -0.05) is 29.8 Å². The van der Waals surface area contributed by atoms with Crippen molar-refractivity contribution in [3.63, 3.8) is 0 Å². The molecule has 1 saturated heterocycles. The molecule has 0 saturated carbocycles. The van der Waals surface area contributed by atoms with Gasteiger partial charge in [0.25, 0.3) is 5.91 Å². The molecule has 3 heterocycles. The Bertz CT molecular complexity index is 904. The number of piperidine rings is 1. The summed E-state index contributed by atoms with van der Waals surface area (Å²) in [6.07, 6.45) is 3.65. The number of carbonyl (C=O) groups excluding carboxylic acids is 1. The minimum absolute atomic E-state index is 0.0158. The fourth-order valence-electron chi connectivity index (χ4n) is 3.59. The van der Waals surface area contributed by atoms with E-state index < -0.39 is 0 Å². The Morgan fingerprint density at radius 2 is 2.08 bits per heavy atom. The first-order chi connectivity index (χ1) is 12.7. The van der Waals surface area contributed by atoms with E-state index in [0.29, 0.717) is 12.2 Å². The molecule has 2 aromatic heterocycles.